The maximum absolute atomic E-state index is 12.7. The molecule has 5 N–H and O–H groups in total. The number of carboxylic acid groups (broad SMARTS) is 1. The Labute approximate surface area is 161 Å². The number of rotatable bonds is 7. The molecule has 0 saturated heterocycles. The second-order valence-electron chi connectivity index (χ2n) is 6.74. The molecule has 1 saturated carbocycles. The molecule has 1 fully saturated rings. The molecule has 150 valence electrons. The van der Waals surface area contributed by atoms with Crippen molar-refractivity contribution in [3.05, 3.63) is 29.5 Å². The fraction of sp³-hybridized carbons (Fsp3) is 0.421. The summed E-state index contributed by atoms with van der Waals surface area (Å²) in [7, 11) is 1.45. The third kappa shape index (κ3) is 4.25. The quantitative estimate of drug-likeness (QED) is 0.417. The Kier molecular flexibility index (Phi) is 5.84. The van der Waals surface area contributed by atoms with E-state index in [0.29, 0.717) is 48.0 Å². The van der Waals surface area contributed by atoms with E-state index in [1.54, 1.807) is 18.2 Å². The van der Waals surface area contributed by atoms with Crippen molar-refractivity contribution >= 4 is 28.7 Å². The van der Waals surface area contributed by atoms with Crippen molar-refractivity contribution < 1.29 is 28.6 Å². The Morgan fingerprint density at radius 3 is 2.64 bits per heavy atom. The van der Waals surface area contributed by atoms with Gasteiger partial charge in [0.15, 0.2) is 5.75 Å². The van der Waals surface area contributed by atoms with E-state index in [9.17, 15) is 9.59 Å². The molecule has 28 heavy (non-hydrogen) atoms. The van der Waals surface area contributed by atoms with Crippen LogP contribution in [-0.4, -0.2) is 48.7 Å². The maximum atomic E-state index is 12.7. The second kappa shape index (κ2) is 8.30. The lowest BCUT2D eigenvalue weighted by Gasteiger charge is -2.28. The number of carbonyl (C=O) groups excluding carboxylic acids is 1. The number of hydrogen-bond acceptors (Lipinski definition) is 6. The van der Waals surface area contributed by atoms with Gasteiger partial charge in [0.25, 0.3) is 5.91 Å². The van der Waals surface area contributed by atoms with Gasteiger partial charge in [0.1, 0.15) is 18.0 Å². The minimum atomic E-state index is -0.986. The average Bonchev–Trinajstić information content (AvgIpc) is 3.05. The summed E-state index contributed by atoms with van der Waals surface area (Å²) in [6, 6.07) is 4.90. The third-order valence-electron chi connectivity index (χ3n) is 4.82. The summed E-state index contributed by atoms with van der Waals surface area (Å²) in [5, 5.41) is 19.7. The number of methoxy groups -OCH3 is 1. The van der Waals surface area contributed by atoms with Crippen molar-refractivity contribution in [3.8, 4) is 5.75 Å². The first kappa shape index (κ1) is 19.7. The minimum Gasteiger partial charge on any atom is -0.492 e. The molecule has 1 aliphatic rings. The number of furan rings is 1. The molecule has 9 nitrogen and oxygen atoms in total. The number of ether oxygens (including phenoxy) is 2. The molecular weight excluding hydrogens is 366 g/mol. The van der Waals surface area contributed by atoms with Gasteiger partial charge in [-0.3, -0.25) is 10.2 Å². The monoisotopic (exact) mass is 389 g/mol. The molecule has 0 spiro atoms. The highest BCUT2D eigenvalue weighted by Gasteiger charge is 2.27. The number of benzene rings is 1. The number of hydrogen-bond donors (Lipinski definition) is 4. The zero-order chi connectivity index (χ0) is 20.3. The summed E-state index contributed by atoms with van der Waals surface area (Å²) in [6.07, 6.45) is 2.63. The number of carbonyl (C=O) groups is 2. The van der Waals surface area contributed by atoms with Crippen LogP contribution in [0.25, 0.3) is 11.0 Å². The lowest BCUT2D eigenvalue weighted by Crippen LogP contribution is -2.39. The summed E-state index contributed by atoms with van der Waals surface area (Å²) in [4.78, 5) is 23.3. The van der Waals surface area contributed by atoms with Crippen LogP contribution in [0.2, 0.25) is 0 Å². The van der Waals surface area contributed by atoms with E-state index in [4.69, 9.17) is 30.1 Å². The molecule has 3 rings (SSSR count). The fourth-order valence-corrected chi connectivity index (χ4v) is 3.41. The molecule has 1 amide bonds. The lowest BCUT2D eigenvalue weighted by molar-refractivity contribution is -0.145. The van der Waals surface area contributed by atoms with Crippen molar-refractivity contribution in [1.82, 2.24) is 5.32 Å². The number of nitrogens with one attached hydrogen (secondary N) is 2. The molecule has 0 bridgehead atoms. The van der Waals surface area contributed by atoms with Crippen LogP contribution in [0.4, 0.5) is 0 Å². The Hall–Kier alpha value is -3.07. The van der Waals surface area contributed by atoms with E-state index in [1.165, 1.54) is 7.11 Å². The summed E-state index contributed by atoms with van der Waals surface area (Å²) in [5.74, 6) is -1.08. The van der Waals surface area contributed by atoms with Crippen LogP contribution < -0.4 is 15.8 Å². The van der Waals surface area contributed by atoms with Gasteiger partial charge in [-0.05, 0) is 43.9 Å². The molecule has 1 heterocycles. The average molecular weight is 389 g/mol. The largest absolute Gasteiger partial charge is 0.492 e. The van der Waals surface area contributed by atoms with Gasteiger partial charge < -0.3 is 30.0 Å². The Morgan fingerprint density at radius 1 is 1.32 bits per heavy atom. The summed E-state index contributed by atoms with van der Waals surface area (Å²) < 4.78 is 16.4. The van der Waals surface area contributed by atoms with E-state index < -0.39 is 5.97 Å². The third-order valence-corrected chi connectivity index (χ3v) is 4.82. The Balaban J connectivity index is 1.68. The highest BCUT2D eigenvalue weighted by atomic mass is 16.5. The predicted molar refractivity (Wildman–Crippen MR) is 101 cm³/mol. The number of nitrogens with two attached hydrogens (primary N) is 1. The van der Waals surface area contributed by atoms with Gasteiger partial charge in [-0.2, -0.15) is 0 Å². The smallest absolute Gasteiger partial charge is 0.329 e. The van der Waals surface area contributed by atoms with Crippen molar-refractivity contribution in [1.29, 1.82) is 5.41 Å². The molecule has 0 unspecified atom stereocenters. The van der Waals surface area contributed by atoms with Crippen LogP contribution in [0.5, 0.6) is 5.75 Å². The van der Waals surface area contributed by atoms with Crippen LogP contribution in [0, 0.1) is 5.41 Å². The molecule has 0 radical (unpaired) electrons. The number of aliphatic carboxylic acids is 1. The van der Waals surface area contributed by atoms with Crippen LogP contribution >= 0.6 is 0 Å². The standard InChI is InChI=1S/C19H23N3O6/c1-26-16-13-8-10(18(20)21)2-7-14(13)28-17(16)19(25)22-11-3-5-12(6-4-11)27-9-15(23)24/h2,7-8,11-12H,3-6,9H2,1H3,(H3,20,21)(H,22,25)(H,23,24). The van der Waals surface area contributed by atoms with E-state index in [2.05, 4.69) is 5.32 Å². The second-order valence-corrected chi connectivity index (χ2v) is 6.74. The van der Waals surface area contributed by atoms with Gasteiger partial charge >= 0.3 is 5.97 Å². The van der Waals surface area contributed by atoms with Crippen LogP contribution in [0.1, 0.15) is 41.8 Å². The number of amides is 1. The lowest BCUT2D eigenvalue weighted by atomic mass is 9.93. The normalized spacial score (nSPS) is 19.3. The molecule has 1 aromatic carbocycles. The van der Waals surface area contributed by atoms with E-state index in [0.717, 1.165) is 0 Å². The number of nitrogen functional groups attached to an aromatic ring is 1. The summed E-state index contributed by atoms with van der Waals surface area (Å²) in [5.41, 5.74) is 6.51. The topological polar surface area (TPSA) is 148 Å². The Bertz CT molecular complexity index is 898. The van der Waals surface area contributed by atoms with Gasteiger partial charge in [-0.1, -0.05) is 0 Å². The maximum Gasteiger partial charge on any atom is 0.329 e. The molecule has 2 aromatic rings. The van der Waals surface area contributed by atoms with E-state index in [1.807, 2.05) is 0 Å². The number of amidine groups is 1. The van der Waals surface area contributed by atoms with Gasteiger partial charge in [0.2, 0.25) is 5.76 Å². The number of carboxylic acids is 1. The zero-order valence-corrected chi connectivity index (χ0v) is 15.5. The zero-order valence-electron chi connectivity index (χ0n) is 15.5. The van der Waals surface area contributed by atoms with Crippen LogP contribution in [0.3, 0.4) is 0 Å². The molecule has 1 aromatic heterocycles. The number of fused-ring (bicyclic) bond motifs is 1. The van der Waals surface area contributed by atoms with Crippen molar-refractivity contribution in [2.45, 2.75) is 37.8 Å². The van der Waals surface area contributed by atoms with Crippen molar-refractivity contribution in [2.24, 2.45) is 5.73 Å². The molecule has 0 aliphatic heterocycles. The van der Waals surface area contributed by atoms with Gasteiger partial charge in [-0.15, -0.1) is 0 Å². The first-order chi connectivity index (χ1) is 13.4. The van der Waals surface area contributed by atoms with E-state index in [-0.39, 0.29) is 36.3 Å². The van der Waals surface area contributed by atoms with Crippen LogP contribution in [0.15, 0.2) is 22.6 Å². The SMILES string of the molecule is COc1c(C(=O)NC2CCC(OCC(=O)O)CC2)oc2ccc(C(=N)N)cc12. The van der Waals surface area contributed by atoms with Gasteiger partial charge in [-0.25, -0.2) is 4.79 Å². The summed E-state index contributed by atoms with van der Waals surface area (Å²) >= 11 is 0. The Morgan fingerprint density at radius 2 is 2.04 bits per heavy atom. The molecule has 0 atom stereocenters. The first-order valence-electron chi connectivity index (χ1n) is 8.98. The van der Waals surface area contributed by atoms with Gasteiger partial charge in [0.05, 0.1) is 18.6 Å². The van der Waals surface area contributed by atoms with Crippen molar-refractivity contribution in [3.63, 3.8) is 0 Å². The predicted octanol–water partition coefficient (Wildman–Crippen LogP) is 1.87. The summed E-state index contributed by atoms with van der Waals surface area (Å²) in [6.45, 7) is -0.305. The van der Waals surface area contributed by atoms with Crippen LogP contribution in [-0.2, 0) is 9.53 Å². The molecular formula is C19H23N3O6. The van der Waals surface area contributed by atoms with Crippen molar-refractivity contribution in [2.75, 3.05) is 13.7 Å². The highest BCUT2D eigenvalue weighted by Crippen LogP contribution is 2.34. The highest BCUT2D eigenvalue weighted by molar-refractivity contribution is 6.04. The minimum absolute atomic E-state index is 0.0529. The molecule has 1 aliphatic carbocycles. The van der Waals surface area contributed by atoms with Gasteiger partial charge in [0, 0.05) is 11.6 Å². The fourth-order valence-electron chi connectivity index (χ4n) is 3.41. The first-order valence-corrected chi connectivity index (χ1v) is 8.98. The molecule has 9 heteroatoms. The van der Waals surface area contributed by atoms with E-state index >= 15 is 0 Å².